The minimum atomic E-state index is -4.44. The lowest BCUT2D eigenvalue weighted by molar-refractivity contribution is -0.140. The summed E-state index contributed by atoms with van der Waals surface area (Å²) in [4.78, 5) is 3.73. The highest BCUT2D eigenvalue weighted by molar-refractivity contribution is 7.09. The van der Waals surface area contributed by atoms with Crippen LogP contribution in [0.5, 0.6) is 0 Å². The van der Waals surface area contributed by atoms with E-state index in [4.69, 9.17) is 0 Å². The second-order valence-corrected chi connectivity index (χ2v) is 7.83. The van der Waals surface area contributed by atoms with Crippen molar-refractivity contribution in [1.29, 1.82) is 0 Å². The van der Waals surface area contributed by atoms with Gasteiger partial charge in [0.2, 0.25) is 0 Å². The fourth-order valence-corrected chi connectivity index (χ4v) is 3.39. The van der Waals surface area contributed by atoms with Crippen molar-refractivity contribution in [2.24, 2.45) is 0 Å². The largest absolute Gasteiger partial charge is 0.434 e. The maximum absolute atomic E-state index is 12.8. The van der Waals surface area contributed by atoms with Crippen LogP contribution in [0.1, 0.15) is 56.7 Å². The molecule has 6 nitrogen and oxygen atoms in total. The van der Waals surface area contributed by atoms with Crippen molar-refractivity contribution >= 4 is 22.8 Å². The van der Waals surface area contributed by atoms with Gasteiger partial charge in [-0.2, -0.15) is 17.7 Å². The van der Waals surface area contributed by atoms with Gasteiger partial charge in [-0.25, -0.2) is 4.98 Å². The fourth-order valence-electron chi connectivity index (χ4n) is 2.43. The van der Waals surface area contributed by atoms with E-state index in [0.717, 1.165) is 16.7 Å². The highest BCUT2D eigenvalue weighted by atomic mass is 32.1. The summed E-state index contributed by atoms with van der Waals surface area (Å²) in [7, 11) is 0. The van der Waals surface area contributed by atoms with E-state index in [1.54, 1.807) is 16.6 Å². The number of thiazole rings is 1. The van der Waals surface area contributed by atoms with Gasteiger partial charge in [0, 0.05) is 10.8 Å². The monoisotopic (exact) mass is 384 g/mol. The lowest BCUT2D eigenvalue weighted by atomic mass is 9.96. The molecule has 3 heterocycles. The van der Waals surface area contributed by atoms with Crippen LogP contribution in [0.15, 0.2) is 17.5 Å². The highest BCUT2D eigenvalue weighted by Crippen LogP contribution is 2.33. The topological polar surface area (TPSA) is 68.0 Å². The molecule has 0 bridgehead atoms. The summed E-state index contributed by atoms with van der Waals surface area (Å²) in [6, 6.07) is 3.14. The zero-order chi connectivity index (χ0) is 19.1. The van der Waals surface area contributed by atoms with Crippen LogP contribution < -0.4 is 5.32 Å². The third kappa shape index (κ3) is 3.64. The molecule has 0 spiro atoms. The maximum atomic E-state index is 12.8. The van der Waals surface area contributed by atoms with E-state index in [9.17, 15) is 13.2 Å². The van der Waals surface area contributed by atoms with Crippen LogP contribution in [0.25, 0.3) is 5.65 Å². The average Bonchev–Trinajstić information content (AvgIpc) is 3.18. The molecule has 0 aliphatic rings. The number of halogens is 3. The summed E-state index contributed by atoms with van der Waals surface area (Å²) in [5.74, 6) is 1.23. The van der Waals surface area contributed by atoms with Crippen molar-refractivity contribution in [3.63, 3.8) is 0 Å². The van der Waals surface area contributed by atoms with Gasteiger partial charge in [0.15, 0.2) is 17.2 Å². The smallest absolute Gasteiger partial charge is 0.359 e. The normalized spacial score (nSPS) is 14.0. The zero-order valence-electron chi connectivity index (χ0n) is 14.8. The van der Waals surface area contributed by atoms with Crippen molar-refractivity contribution in [3.8, 4) is 0 Å². The van der Waals surface area contributed by atoms with Gasteiger partial charge in [-0.15, -0.1) is 26.6 Å². The molecular weight excluding hydrogens is 365 g/mol. The lowest BCUT2D eigenvalue weighted by Gasteiger charge is -2.17. The van der Waals surface area contributed by atoms with Crippen molar-refractivity contribution in [2.75, 3.05) is 5.32 Å². The predicted molar refractivity (Wildman–Crippen MR) is 93.3 cm³/mol. The van der Waals surface area contributed by atoms with Gasteiger partial charge in [-0.1, -0.05) is 27.7 Å². The minimum absolute atomic E-state index is 0.244. The Morgan fingerprint density at radius 3 is 2.50 bits per heavy atom. The van der Waals surface area contributed by atoms with Gasteiger partial charge < -0.3 is 5.32 Å². The van der Waals surface area contributed by atoms with E-state index >= 15 is 0 Å². The molecule has 10 heteroatoms. The molecule has 26 heavy (non-hydrogen) atoms. The molecule has 0 aliphatic heterocycles. The third-order valence-corrected chi connectivity index (χ3v) is 4.73. The molecule has 0 amide bonds. The van der Waals surface area contributed by atoms with Gasteiger partial charge in [-0.05, 0) is 18.6 Å². The molecule has 140 valence electrons. The summed E-state index contributed by atoms with van der Waals surface area (Å²) in [6.45, 7) is 7.90. The first kappa shape index (κ1) is 18.6. The second-order valence-electron chi connectivity index (χ2n) is 6.94. The number of hydrogen-bond donors (Lipinski definition) is 1. The van der Waals surface area contributed by atoms with E-state index in [-0.39, 0.29) is 11.5 Å². The minimum Gasteiger partial charge on any atom is -0.359 e. The van der Waals surface area contributed by atoms with Gasteiger partial charge in [0.1, 0.15) is 10.8 Å². The van der Waals surface area contributed by atoms with Crippen LogP contribution in [0.2, 0.25) is 0 Å². The molecule has 0 saturated carbocycles. The van der Waals surface area contributed by atoms with Gasteiger partial charge >= 0.3 is 6.18 Å². The first-order valence-corrected chi connectivity index (χ1v) is 8.99. The highest BCUT2D eigenvalue weighted by Gasteiger charge is 2.34. The van der Waals surface area contributed by atoms with Crippen LogP contribution in [0, 0.1) is 0 Å². The summed E-state index contributed by atoms with van der Waals surface area (Å²) >= 11 is 0.988. The maximum Gasteiger partial charge on any atom is 0.434 e. The Morgan fingerprint density at radius 1 is 1.19 bits per heavy atom. The summed E-state index contributed by atoms with van der Waals surface area (Å²) in [5, 5.41) is 17.4. The first-order valence-electron chi connectivity index (χ1n) is 8.11. The van der Waals surface area contributed by atoms with Crippen LogP contribution in [0.4, 0.5) is 19.0 Å². The number of nitrogens with zero attached hydrogens (tertiary/aromatic N) is 5. The molecule has 0 radical (unpaired) electrons. The SMILES string of the molecule is CCC(Nc1ccc2nnc(C(C)(C)C)n2n1)c1nc(C(F)(F)F)cs1. The predicted octanol–water partition coefficient (Wildman–Crippen LogP) is 4.46. The Hall–Kier alpha value is -2.23. The lowest BCUT2D eigenvalue weighted by Crippen LogP contribution is -2.18. The Kier molecular flexibility index (Phi) is 4.63. The first-order chi connectivity index (χ1) is 12.1. The van der Waals surface area contributed by atoms with E-state index in [0.29, 0.717) is 28.7 Å². The molecule has 0 fully saturated rings. The van der Waals surface area contributed by atoms with Crippen LogP contribution in [0.3, 0.4) is 0 Å². The van der Waals surface area contributed by atoms with E-state index in [2.05, 4.69) is 25.6 Å². The van der Waals surface area contributed by atoms with Crippen molar-refractivity contribution in [2.45, 2.75) is 51.7 Å². The standard InChI is InChI=1S/C16H19F3N6S/c1-5-9(13-21-10(8-26-13)16(17,18)19)20-11-6-7-12-22-23-14(15(2,3)4)25(12)24-11/h6-9H,5H2,1-4H3,(H,20,24). The van der Waals surface area contributed by atoms with Crippen LogP contribution in [-0.2, 0) is 11.6 Å². The molecular formula is C16H19F3N6S. The molecule has 1 atom stereocenters. The molecule has 1 unspecified atom stereocenters. The molecule has 0 aliphatic carbocycles. The molecule has 0 aromatic carbocycles. The summed E-state index contributed by atoms with van der Waals surface area (Å²) in [6.07, 6.45) is -3.87. The number of nitrogens with one attached hydrogen (secondary N) is 1. The number of anilines is 1. The fraction of sp³-hybridized carbons (Fsp3) is 0.500. The Balaban J connectivity index is 1.90. The van der Waals surface area contributed by atoms with Crippen LogP contribution in [-0.4, -0.2) is 24.8 Å². The Bertz CT molecular complexity index is 909. The number of fused-ring (bicyclic) bond motifs is 1. The Labute approximate surface area is 152 Å². The van der Waals surface area contributed by atoms with Gasteiger partial charge in [0.25, 0.3) is 0 Å². The molecule has 3 aromatic heterocycles. The molecule has 1 N–H and O–H groups in total. The Morgan fingerprint density at radius 2 is 1.92 bits per heavy atom. The number of alkyl halides is 3. The average molecular weight is 384 g/mol. The van der Waals surface area contributed by atoms with Crippen molar-refractivity contribution in [3.05, 3.63) is 34.0 Å². The van der Waals surface area contributed by atoms with E-state index in [1.165, 1.54) is 0 Å². The molecule has 0 saturated heterocycles. The second kappa shape index (κ2) is 6.49. The van der Waals surface area contributed by atoms with E-state index < -0.39 is 11.9 Å². The summed E-state index contributed by atoms with van der Waals surface area (Å²) < 4.78 is 40.0. The van der Waals surface area contributed by atoms with Gasteiger partial charge in [-0.3, -0.25) is 0 Å². The zero-order valence-corrected chi connectivity index (χ0v) is 15.6. The van der Waals surface area contributed by atoms with Crippen LogP contribution >= 0.6 is 11.3 Å². The van der Waals surface area contributed by atoms with Crippen molar-refractivity contribution in [1.82, 2.24) is 24.8 Å². The third-order valence-electron chi connectivity index (χ3n) is 3.77. The number of aromatic nitrogens is 5. The molecule has 3 aromatic rings. The van der Waals surface area contributed by atoms with Crippen molar-refractivity contribution < 1.29 is 13.2 Å². The summed E-state index contributed by atoms with van der Waals surface area (Å²) in [5.41, 5.74) is -0.497. The number of hydrogen-bond acceptors (Lipinski definition) is 6. The quantitative estimate of drug-likeness (QED) is 0.719. The van der Waals surface area contributed by atoms with E-state index in [1.807, 2.05) is 27.7 Å². The van der Waals surface area contributed by atoms with Gasteiger partial charge in [0.05, 0.1) is 6.04 Å². The molecule has 3 rings (SSSR count). The number of rotatable bonds is 4.